The van der Waals surface area contributed by atoms with E-state index in [2.05, 4.69) is 11.5 Å². The molecule has 8 heteroatoms. The highest BCUT2D eigenvalue weighted by Crippen LogP contribution is 2.39. The monoisotopic (exact) mass is 438 g/mol. The van der Waals surface area contributed by atoms with Gasteiger partial charge in [-0.25, -0.2) is 0 Å². The molecule has 8 nitrogen and oxygen atoms in total. The van der Waals surface area contributed by atoms with Gasteiger partial charge < -0.3 is 23.9 Å². The third kappa shape index (κ3) is 4.46. The fourth-order valence-corrected chi connectivity index (χ4v) is 4.01. The number of carbonyl (C=O) groups is 2. The smallest absolute Gasteiger partial charge is 0.290 e. The summed E-state index contributed by atoms with van der Waals surface area (Å²) in [6, 6.07) is 9.53. The minimum Gasteiger partial charge on any atom is -0.503 e. The Labute approximate surface area is 186 Å². The number of nitrogens with zero attached hydrogens (tertiary/aromatic N) is 2. The van der Waals surface area contributed by atoms with E-state index in [0.29, 0.717) is 44.2 Å². The average Bonchev–Trinajstić information content (AvgIpc) is 3.44. The summed E-state index contributed by atoms with van der Waals surface area (Å²) in [7, 11) is 0. The molecule has 0 bridgehead atoms. The van der Waals surface area contributed by atoms with Crippen LogP contribution in [0.1, 0.15) is 22.2 Å². The molecule has 0 saturated carbocycles. The third-order valence-electron chi connectivity index (χ3n) is 5.60. The summed E-state index contributed by atoms with van der Waals surface area (Å²) in [5.41, 5.74) is 0.675. The Kier molecular flexibility index (Phi) is 6.72. The summed E-state index contributed by atoms with van der Waals surface area (Å²) in [6.07, 6.45) is 3.02. The highest BCUT2D eigenvalue weighted by atomic mass is 16.5. The molecule has 1 N–H and O–H groups in total. The number of furan rings is 1. The molecule has 2 aromatic rings. The molecule has 1 aromatic carbocycles. The minimum absolute atomic E-state index is 0.00722. The van der Waals surface area contributed by atoms with Crippen LogP contribution in [-0.4, -0.2) is 72.6 Å². The van der Waals surface area contributed by atoms with Crippen LogP contribution in [0.25, 0.3) is 0 Å². The van der Waals surface area contributed by atoms with E-state index < -0.39 is 23.5 Å². The normalized spacial score (nSPS) is 19.4. The molecular formula is C24H26N2O6. The molecule has 3 heterocycles. The Morgan fingerprint density at radius 2 is 2.03 bits per heavy atom. The molecule has 1 amide bonds. The van der Waals surface area contributed by atoms with Gasteiger partial charge in [0.1, 0.15) is 12.4 Å². The summed E-state index contributed by atoms with van der Waals surface area (Å²) in [5.74, 6) is -0.985. The van der Waals surface area contributed by atoms with Crippen molar-refractivity contribution in [3.05, 3.63) is 78.0 Å². The molecule has 1 atom stereocenters. The first kappa shape index (κ1) is 21.9. The molecule has 0 aliphatic carbocycles. The summed E-state index contributed by atoms with van der Waals surface area (Å²) in [4.78, 5) is 30.0. The van der Waals surface area contributed by atoms with Gasteiger partial charge in [0, 0.05) is 26.2 Å². The molecule has 0 spiro atoms. The first-order valence-electron chi connectivity index (χ1n) is 10.6. The van der Waals surface area contributed by atoms with Crippen LogP contribution in [0, 0.1) is 0 Å². The number of benzene rings is 1. The number of hydrogen-bond donors (Lipinski definition) is 1. The van der Waals surface area contributed by atoms with E-state index in [1.807, 2.05) is 6.07 Å². The molecular weight excluding hydrogens is 412 g/mol. The van der Waals surface area contributed by atoms with Gasteiger partial charge in [0.05, 0.1) is 31.1 Å². The quantitative estimate of drug-likeness (QED) is 0.475. The number of hydrogen-bond acceptors (Lipinski definition) is 7. The lowest BCUT2D eigenvalue weighted by Gasteiger charge is -2.31. The fraction of sp³-hybridized carbons (Fsp3) is 0.333. The molecule has 168 valence electrons. The van der Waals surface area contributed by atoms with E-state index >= 15 is 0 Å². The van der Waals surface area contributed by atoms with Crippen LogP contribution in [-0.2, 0) is 9.53 Å². The Morgan fingerprint density at radius 3 is 2.75 bits per heavy atom. The molecule has 2 aliphatic heterocycles. The number of ether oxygens (including phenoxy) is 2. The zero-order chi connectivity index (χ0) is 22.5. The number of rotatable bonds is 9. The van der Waals surface area contributed by atoms with Crippen molar-refractivity contribution in [3.8, 4) is 5.75 Å². The molecule has 4 rings (SSSR count). The van der Waals surface area contributed by atoms with Gasteiger partial charge in [-0.05, 0) is 29.8 Å². The van der Waals surface area contributed by atoms with E-state index in [1.54, 1.807) is 30.3 Å². The van der Waals surface area contributed by atoms with Crippen molar-refractivity contribution in [2.24, 2.45) is 0 Å². The Hall–Kier alpha value is -3.36. The number of Topliss-reactive ketones (excluding diaryl/α,β-unsaturated/α-hetero) is 1. The van der Waals surface area contributed by atoms with E-state index in [1.165, 1.54) is 17.2 Å². The lowest BCUT2D eigenvalue weighted by atomic mass is 9.95. The molecule has 2 aliphatic rings. The largest absolute Gasteiger partial charge is 0.503 e. The summed E-state index contributed by atoms with van der Waals surface area (Å²) >= 11 is 0. The maximum Gasteiger partial charge on any atom is 0.290 e. The highest BCUT2D eigenvalue weighted by Gasteiger charge is 2.44. The van der Waals surface area contributed by atoms with Gasteiger partial charge in [0.2, 0.25) is 5.78 Å². The number of amides is 1. The Bertz CT molecular complexity index is 1010. The van der Waals surface area contributed by atoms with Crippen molar-refractivity contribution >= 4 is 11.7 Å². The van der Waals surface area contributed by atoms with Gasteiger partial charge in [0.15, 0.2) is 11.5 Å². The second-order valence-corrected chi connectivity index (χ2v) is 7.60. The SMILES string of the molecule is C=CCOc1cccc([C@H]2C(C(=O)c3ccco3)=C(O)C(=O)N2CCN2CCOCC2)c1. The number of morpholine rings is 1. The number of aliphatic hydroxyl groups is 1. The van der Waals surface area contributed by atoms with E-state index in [9.17, 15) is 14.7 Å². The second-order valence-electron chi connectivity index (χ2n) is 7.60. The van der Waals surface area contributed by atoms with Crippen molar-refractivity contribution in [1.29, 1.82) is 0 Å². The molecule has 32 heavy (non-hydrogen) atoms. The number of carbonyl (C=O) groups excluding carboxylic acids is 2. The van der Waals surface area contributed by atoms with Crippen LogP contribution in [0.3, 0.4) is 0 Å². The summed E-state index contributed by atoms with van der Waals surface area (Å²) < 4.78 is 16.3. The van der Waals surface area contributed by atoms with E-state index in [0.717, 1.165) is 13.1 Å². The van der Waals surface area contributed by atoms with Crippen molar-refractivity contribution < 1.29 is 28.6 Å². The van der Waals surface area contributed by atoms with Gasteiger partial charge in [0.25, 0.3) is 5.91 Å². The molecule has 1 saturated heterocycles. The predicted molar refractivity (Wildman–Crippen MR) is 117 cm³/mol. The summed E-state index contributed by atoms with van der Waals surface area (Å²) in [6.45, 7) is 7.77. The van der Waals surface area contributed by atoms with Crippen molar-refractivity contribution in [3.63, 3.8) is 0 Å². The van der Waals surface area contributed by atoms with Crippen LogP contribution >= 0.6 is 0 Å². The van der Waals surface area contributed by atoms with Crippen LogP contribution in [0.15, 0.2) is 71.1 Å². The van der Waals surface area contributed by atoms with Gasteiger partial charge >= 0.3 is 0 Å². The van der Waals surface area contributed by atoms with Gasteiger partial charge in [-0.1, -0.05) is 24.8 Å². The zero-order valence-electron chi connectivity index (χ0n) is 17.7. The lowest BCUT2D eigenvalue weighted by molar-refractivity contribution is -0.129. The van der Waals surface area contributed by atoms with E-state index in [4.69, 9.17) is 13.9 Å². The van der Waals surface area contributed by atoms with Crippen molar-refractivity contribution in [2.75, 3.05) is 46.0 Å². The predicted octanol–water partition coefficient (Wildman–Crippen LogP) is 2.75. The lowest BCUT2D eigenvalue weighted by Crippen LogP contribution is -2.43. The van der Waals surface area contributed by atoms with Crippen LogP contribution < -0.4 is 4.74 Å². The fourth-order valence-electron chi connectivity index (χ4n) is 4.01. The third-order valence-corrected chi connectivity index (χ3v) is 5.60. The number of aliphatic hydroxyl groups excluding tert-OH is 1. The van der Waals surface area contributed by atoms with Crippen LogP contribution in [0.2, 0.25) is 0 Å². The second kappa shape index (κ2) is 9.84. The topological polar surface area (TPSA) is 92.5 Å². The highest BCUT2D eigenvalue weighted by molar-refractivity contribution is 6.15. The molecule has 0 radical (unpaired) electrons. The number of ketones is 1. The van der Waals surface area contributed by atoms with Crippen LogP contribution in [0.4, 0.5) is 0 Å². The van der Waals surface area contributed by atoms with Gasteiger partial charge in [-0.3, -0.25) is 14.5 Å². The first-order chi connectivity index (χ1) is 15.6. The first-order valence-corrected chi connectivity index (χ1v) is 10.6. The Morgan fingerprint density at radius 1 is 1.22 bits per heavy atom. The van der Waals surface area contributed by atoms with Crippen molar-refractivity contribution in [2.45, 2.75) is 6.04 Å². The van der Waals surface area contributed by atoms with E-state index in [-0.39, 0.29) is 11.3 Å². The minimum atomic E-state index is -0.756. The zero-order valence-corrected chi connectivity index (χ0v) is 17.7. The standard InChI is InChI=1S/C24H26N2O6/c1-2-12-31-18-6-3-5-17(16-18)21-20(22(27)19-7-4-13-32-19)23(28)24(29)26(21)9-8-25-10-14-30-15-11-25/h2-7,13,16,21,28H,1,8-12,14-15H2/t21-/m0/s1. The Balaban J connectivity index is 1.67. The van der Waals surface area contributed by atoms with Gasteiger partial charge in [-0.2, -0.15) is 0 Å². The average molecular weight is 438 g/mol. The maximum absolute atomic E-state index is 13.2. The van der Waals surface area contributed by atoms with Crippen molar-refractivity contribution in [1.82, 2.24) is 9.80 Å². The maximum atomic E-state index is 13.2. The molecule has 0 unspecified atom stereocenters. The molecule has 1 fully saturated rings. The summed E-state index contributed by atoms with van der Waals surface area (Å²) in [5, 5.41) is 10.7. The van der Waals surface area contributed by atoms with Crippen LogP contribution in [0.5, 0.6) is 5.75 Å². The van der Waals surface area contributed by atoms with Gasteiger partial charge in [-0.15, -0.1) is 0 Å². The molecule has 1 aromatic heterocycles.